The van der Waals surface area contributed by atoms with Gasteiger partial charge in [-0.2, -0.15) is 0 Å². The Morgan fingerprint density at radius 1 is 1.00 bits per heavy atom. The Labute approximate surface area is 187 Å². The van der Waals surface area contributed by atoms with Crippen molar-refractivity contribution in [2.45, 2.75) is 19.8 Å². The van der Waals surface area contributed by atoms with Gasteiger partial charge in [-0.3, -0.25) is 9.89 Å². The summed E-state index contributed by atoms with van der Waals surface area (Å²) in [6, 6.07) is 10.7. The van der Waals surface area contributed by atoms with Gasteiger partial charge in [0.15, 0.2) is 5.96 Å². The molecule has 28 heavy (non-hydrogen) atoms. The van der Waals surface area contributed by atoms with Crippen LogP contribution in [0.4, 0.5) is 5.69 Å². The molecule has 0 spiro atoms. The Balaban J connectivity index is 0.00000280. The molecule has 0 amide bonds. The SMILES string of the molecule is CCNC(=NCCCCN1CCOCC1)N1CCN(c2ccccc2)CC1.I. The lowest BCUT2D eigenvalue weighted by molar-refractivity contribution is 0.0373. The maximum absolute atomic E-state index is 5.41. The number of rotatable bonds is 7. The van der Waals surface area contributed by atoms with Crippen molar-refractivity contribution in [3.63, 3.8) is 0 Å². The number of morpholine rings is 1. The van der Waals surface area contributed by atoms with E-state index in [1.54, 1.807) is 0 Å². The number of halogens is 1. The first-order valence-corrected chi connectivity index (χ1v) is 10.5. The van der Waals surface area contributed by atoms with Crippen LogP contribution < -0.4 is 10.2 Å². The molecule has 2 fully saturated rings. The van der Waals surface area contributed by atoms with Gasteiger partial charge in [0.2, 0.25) is 0 Å². The van der Waals surface area contributed by atoms with Gasteiger partial charge >= 0.3 is 0 Å². The van der Waals surface area contributed by atoms with Crippen LogP contribution in [-0.2, 0) is 4.74 Å². The zero-order valence-corrected chi connectivity index (χ0v) is 19.5. The van der Waals surface area contributed by atoms with Crippen molar-refractivity contribution in [2.24, 2.45) is 4.99 Å². The van der Waals surface area contributed by atoms with E-state index in [0.29, 0.717) is 0 Å². The van der Waals surface area contributed by atoms with Crippen molar-refractivity contribution in [3.05, 3.63) is 30.3 Å². The summed E-state index contributed by atoms with van der Waals surface area (Å²) in [6.45, 7) is 13.2. The fourth-order valence-corrected chi connectivity index (χ4v) is 3.70. The van der Waals surface area contributed by atoms with Gasteiger partial charge in [-0.1, -0.05) is 18.2 Å². The Bertz CT molecular complexity index is 557. The second kappa shape index (κ2) is 13.2. The average Bonchev–Trinajstić information content (AvgIpc) is 2.74. The van der Waals surface area contributed by atoms with E-state index >= 15 is 0 Å². The Hall–Kier alpha value is -1.06. The molecule has 2 heterocycles. The quantitative estimate of drug-likeness (QED) is 0.269. The fourth-order valence-electron chi connectivity index (χ4n) is 3.70. The monoisotopic (exact) mass is 501 g/mol. The largest absolute Gasteiger partial charge is 0.379 e. The third-order valence-electron chi connectivity index (χ3n) is 5.28. The number of aliphatic imine (C=N–C) groups is 1. The van der Waals surface area contributed by atoms with E-state index in [1.807, 2.05) is 0 Å². The van der Waals surface area contributed by atoms with Crippen LogP contribution in [0.2, 0.25) is 0 Å². The maximum Gasteiger partial charge on any atom is 0.194 e. The zero-order chi connectivity index (χ0) is 18.7. The van der Waals surface area contributed by atoms with Crippen LogP contribution in [0, 0.1) is 0 Å². The number of ether oxygens (including phenoxy) is 1. The van der Waals surface area contributed by atoms with Gasteiger partial charge in [0, 0.05) is 58.0 Å². The Morgan fingerprint density at radius 2 is 1.71 bits per heavy atom. The van der Waals surface area contributed by atoms with Gasteiger partial charge in [0.1, 0.15) is 0 Å². The van der Waals surface area contributed by atoms with E-state index in [-0.39, 0.29) is 24.0 Å². The Kier molecular flexibility index (Phi) is 11.0. The molecule has 0 aliphatic carbocycles. The van der Waals surface area contributed by atoms with Gasteiger partial charge in [0.05, 0.1) is 13.2 Å². The molecule has 2 aliphatic rings. The maximum atomic E-state index is 5.41. The number of guanidine groups is 1. The number of piperazine rings is 1. The normalized spacial score (nSPS) is 18.7. The summed E-state index contributed by atoms with van der Waals surface area (Å²) in [7, 11) is 0. The van der Waals surface area contributed by atoms with Crippen LogP contribution in [0.1, 0.15) is 19.8 Å². The van der Waals surface area contributed by atoms with Crippen LogP contribution in [0.25, 0.3) is 0 Å². The van der Waals surface area contributed by atoms with Crippen molar-refractivity contribution in [1.29, 1.82) is 0 Å². The third-order valence-corrected chi connectivity index (χ3v) is 5.28. The molecule has 7 heteroatoms. The number of para-hydroxylation sites is 1. The van der Waals surface area contributed by atoms with Crippen LogP contribution in [0.5, 0.6) is 0 Å². The lowest BCUT2D eigenvalue weighted by atomic mass is 10.2. The third kappa shape index (κ3) is 7.40. The molecule has 158 valence electrons. The predicted molar refractivity (Wildman–Crippen MR) is 128 cm³/mol. The highest BCUT2D eigenvalue weighted by atomic mass is 127. The minimum Gasteiger partial charge on any atom is -0.379 e. The highest BCUT2D eigenvalue weighted by Gasteiger charge is 2.19. The number of hydrogen-bond donors (Lipinski definition) is 1. The summed E-state index contributed by atoms with van der Waals surface area (Å²) in [5, 5.41) is 3.48. The molecule has 1 aromatic carbocycles. The lowest BCUT2D eigenvalue weighted by Crippen LogP contribution is -2.52. The van der Waals surface area contributed by atoms with Gasteiger partial charge in [-0.25, -0.2) is 0 Å². The zero-order valence-electron chi connectivity index (χ0n) is 17.2. The summed E-state index contributed by atoms with van der Waals surface area (Å²) < 4.78 is 5.41. The number of nitrogens with zero attached hydrogens (tertiary/aromatic N) is 4. The van der Waals surface area contributed by atoms with Crippen LogP contribution >= 0.6 is 24.0 Å². The molecule has 0 bridgehead atoms. The first-order valence-electron chi connectivity index (χ1n) is 10.5. The first kappa shape index (κ1) is 23.2. The fraction of sp³-hybridized carbons (Fsp3) is 0.667. The molecule has 0 unspecified atom stereocenters. The number of nitrogens with one attached hydrogen (secondary N) is 1. The van der Waals surface area contributed by atoms with E-state index in [9.17, 15) is 0 Å². The molecular weight excluding hydrogens is 465 g/mol. The summed E-state index contributed by atoms with van der Waals surface area (Å²) in [5.74, 6) is 1.08. The second-order valence-corrected chi connectivity index (χ2v) is 7.21. The number of hydrogen-bond acceptors (Lipinski definition) is 4. The molecular formula is C21H36IN5O. The van der Waals surface area contributed by atoms with Gasteiger partial charge in [-0.15, -0.1) is 24.0 Å². The Morgan fingerprint density at radius 3 is 2.39 bits per heavy atom. The molecule has 0 saturated carbocycles. The smallest absolute Gasteiger partial charge is 0.194 e. The highest BCUT2D eigenvalue weighted by Crippen LogP contribution is 2.15. The number of benzene rings is 1. The van der Waals surface area contributed by atoms with E-state index in [4.69, 9.17) is 9.73 Å². The van der Waals surface area contributed by atoms with E-state index in [0.717, 1.165) is 78.0 Å². The minimum absolute atomic E-state index is 0. The molecule has 0 radical (unpaired) electrons. The van der Waals surface area contributed by atoms with Gasteiger partial charge in [-0.05, 0) is 38.4 Å². The predicted octanol–water partition coefficient (Wildman–Crippen LogP) is 2.50. The summed E-state index contributed by atoms with van der Waals surface area (Å²) in [4.78, 5) is 12.3. The highest BCUT2D eigenvalue weighted by molar-refractivity contribution is 14.0. The molecule has 0 aromatic heterocycles. The minimum atomic E-state index is 0. The van der Waals surface area contributed by atoms with Crippen molar-refractivity contribution in [3.8, 4) is 0 Å². The van der Waals surface area contributed by atoms with Gasteiger partial charge in [0.25, 0.3) is 0 Å². The van der Waals surface area contributed by atoms with E-state index in [2.05, 4.69) is 57.3 Å². The number of unbranched alkanes of at least 4 members (excludes halogenated alkanes) is 1. The van der Waals surface area contributed by atoms with Crippen molar-refractivity contribution >= 4 is 35.6 Å². The van der Waals surface area contributed by atoms with Gasteiger partial charge < -0.3 is 19.9 Å². The molecule has 0 atom stereocenters. The van der Waals surface area contributed by atoms with Crippen LogP contribution in [0.15, 0.2) is 35.3 Å². The summed E-state index contributed by atoms with van der Waals surface area (Å²) >= 11 is 0. The number of anilines is 1. The van der Waals surface area contributed by atoms with E-state index < -0.39 is 0 Å². The lowest BCUT2D eigenvalue weighted by Gasteiger charge is -2.37. The van der Waals surface area contributed by atoms with E-state index in [1.165, 1.54) is 18.7 Å². The second-order valence-electron chi connectivity index (χ2n) is 7.21. The molecule has 2 aliphatic heterocycles. The van der Waals surface area contributed by atoms with Crippen molar-refractivity contribution < 1.29 is 4.74 Å². The molecule has 6 nitrogen and oxygen atoms in total. The molecule has 3 rings (SSSR count). The summed E-state index contributed by atoms with van der Waals surface area (Å²) in [6.07, 6.45) is 2.36. The van der Waals surface area contributed by atoms with Crippen molar-refractivity contribution in [2.75, 3.05) is 77.0 Å². The van der Waals surface area contributed by atoms with Crippen molar-refractivity contribution in [1.82, 2.24) is 15.1 Å². The molecule has 1 N–H and O–H groups in total. The standard InChI is InChI=1S/C21H35N5O.HI/c1-2-22-21(23-10-6-7-11-24-16-18-27-19-17-24)26-14-12-25(13-15-26)20-8-4-3-5-9-20;/h3-5,8-9H,2,6-7,10-19H2,1H3,(H,22,23);1H. The first-order chi connectivity index (χ1) is 13.4. The van der Waals surface area contributed by atoms with Crippen LogP contribution in [-0.4, -0.2) is 87.9 Å². The van der Waals surface area contributed by atoms with Crippen LogP contribution in [0.3, 0.4) is 0 Å². The topological polar surface area (TPSA) is 43.3 Å². The average molecular weight is 501 g/mol. The molecule has 2 saturated heterocycles. The summed E-state index contributed by atoms with van der Waals surface area (Å²) in [5.41, 5.74) is 1.32. The molecule has 1 aromatic rings.